The van der Waals surface area contributed by atoms with Gasteiger partial charge in [-0.15, -0.1) is 0 Å². The maximum Gasteiger partial charge on any atom is 0.408 e. The third-order valence-corrected chi connectivity index (χ3v) is 5.94. The number of hydrogen-bond acceptors (Lipinski definition) is 5. The van der Waals surface area contributed by atoms with Gasteiger partial charge in [0.15, 0.2) is 0 Å². The molecular weight excluding hydrogens is 406 g/mol. The van der Waals surface area contributed by atoms with E-state index < -0.39 is 17.6 Å². The Morgan fingerprint density at radius 1 is 1.09 bits per heavy atom. The van der Waals surface area contributed by atoms with Crippen LogP contribution in [0.3, 0.4) is 0 Å². The molecule has 4 atom stereocenters. The molecule has 32 heavy (non-hydrogen) atoms. The van der Waals surface area contributed by atoms with Crippen molar-refractivity contribution in [1.29, 1.82) is 0 Å². The van der Waals surface area contributed by atoms with Crippen molar-refractivity contribution >= 4 is 12.0 Å². The van der Waals surface area contributed by atoms with E-state index in [4.69, 9.17) is 15.2 Å². The minimum absolute atomic E-state index is 0. The summed E-state index contributed by atoms with van der Waals surface area (Å²) in [5.74, 6) is 1.44. The lowest BCUT2D eigenvalue weighted by Crippen LogP contribution is -2.56. The van der Waals surface area contributed by atoms with Crippen molar-refractivity contribution in [3.05, 3.63) is 0 Å². The van der Waals surface area contributed by atoms with E-state index >= 15 is 0 Å². The van der Waals surface area contributed by atoms with E-state index in [1.165, 1.54) is 19.3 Å². The lowest BCUT2D eigenvalue weighted by atomic mass is 9.85. The number of nitrogens with zero attached hydrogens (tertiary/aromatic N) is 1. The average Bonchev–Trinajstić information content (AvgIpc) is 3.11. The highest BCUT2D eigenvalue weighted by Gasteiger charge is 2.48. The highest BCUT2D eigenvalue weighted by atomic mass is 16.6. The largest absolute Gasteiger partial charge is 0.446 e. The van der Waals surface area contributed by atoms with Crippen LogP contribution in [0, 0.1) is 17.3 Å². The van der Waals surface area contributed by atoms with Crippen LogP contribution in [0.25, 0.3) is 0 Å². The molecule has 0 spiro atoms. The summed E-state index contributed by atoms with van der Waals surface area (Å²) in [5, 5.41) is 2.85. The highest BCUT2D eigenvalue weighted by molar-refractivity contribution is 5.87. The van der Waals surface area contributed by atoms with Crippen molar-refractivity contribution in [2.24, 2.45) is 23.0 Å². The van der Waals surface area contributed by atoms with Gasteiger partial charge in [-0.2, -0.15) is 0 Å². The Balaban J connectivity index is 0. The third kappa shape index (κ3) is 9.26. The van der Waals surface area contributed by atoms with Crippen LogP contribution in [0.2, 0.25) is 0 Å². The molecule has 192 valence electrons. The Morgan fingerprint density at radius 3 is 2.16 bits per heavy atom. The van der Waals surface area contributed by atoms with Crippen molar-refractivity contribution in [1.82, 2.24) is 10.2 Å². The number of rotatable bonds is 6. The first-order valence-corrected chi connectivity index (χ1v) is 12.7. The fourth-order valence-corrected chi connectivity index (χ4v) is 4.38. The lowest BCUT2D eigenvalue weighted by Gasteiger charge is -2.35. The monoisotopic (exact) mass is 459 g/mol. The summed E-state index contributed by atoms with van der Waals surface area (Å²) in [4.78, 5) is 27.4. The first-order valence-electron chi connectivity index (χ1n) is 12.7. The molecule has 0 radical (unpaired) electrons. The van der Waals surface area contributed by atoms with E-state index in [0.29, 0.717) is 13.2 Å². The number of nitrogens with two attached hydrogens (primary N) is 1. The maximum atomic E-state index is 13.2. The molecule has 3 rings (SSSR count). The fourth-order valence-electron chi connectivity index (χ4n) is 4.38. The number of nitrogens with one attached hydrogen (secondary N) is 1. The van der Waals surface area contributed by atoms with Crippen LogP contribution in [0.1, 0.15) is 96.3 Å². The molecule has 0 aromatic rings. The molecule has 7 nitrogen and oxygen atoms in total. The van der Waals surface area contributed by atoms with E-state index in [2.05, 4.69) is 33.0 Å². The molecule has 1 heterocycles. The van der Waals surface area contributed by atoms with Gasteiger partial charge in [0.05, 0.1) is 19.4 Å². The molecule has 3 aliphatic rings. The van der Waals surface area contributed by atoms with Gasteiger partial charge in [0, 0.05) is 9.40 Å². The minimum Gasteiger partial charge on any atom is -0.446 e. The van der Waals surface area contributed by atoms with Gasteiger partial charge >= 0.3 is 6.09 Å². The predicted molar refractivity (Wildman–Crippen MR) is 133 cm³/mol. The van der Waals surface area contributed by atoms with Gasteiger partial charge in [-0.25, -0.2) is 4.79 Å². The number of fused-ring (bicyclic) bond motifs is 1. The van der Waals surface area contributed by atoms with Crippen LogP contribution in [0.15, 0.2) is 0 Å². The molecule has 1 aliphatic heterocycles. The van der Waals surface area contributed by atoms with Crippen molar-refractivity contribution in [3.8, 4) is 0 Å². The predicted octanol–water partition coefficient (Wildman–Crippen LogP) is 5.17. The Hall–Kier alpha value is -1.34. The molecule has 3 fully saturated rings. The average molecular weight is 460 g/mol. The molecule has 2 saturated carbocycles. The van der Waals surface area contributed by atoms with Crippen LogP contribution in [-0.4, -0.2) is 55.0 Å². The summed E-state index contributed by atoms with van der Waals surface area (Å²) in [6.07, 6.45) is 7.10. The molecule has 0 aromatic carbocycles. The van der Waals surface area contributed by atoms with Crippen molar-refractivity contribution < 1.29 is 21.9 Å². The number of carbonyl (C=O) groups is 2. The van der Waals surface area contributed by atoms with E-state index in [1.807, 2.05) is 25.7 Å². The second kappa shape index (κ2) is 14.0. The van der Waals surface area contributed by atoms with E-state index in [0.717, 1.165) is 37.5 Å². The quantitative estimate of drug-likeness (QED) is 0.534. The summed E-state index contributed by atoms with van der Waals surface area (Å²) >= 11 is 0. The van der Waals surface area contributed by atoms with Gasteiger partial charge in [-0.3, -0.25) is 4.79 Å². The van der Waals surface area contributed by atoms with Crippen molar-refractivity contribution in [2.45, 2.75) is 112 Å². The summed E-state index contributed by atoms with van der Waals surface area (Å²) in [7, 11) is 0. The number of amides is 2. The fraction of sp³-hybridized carbons (Fsp3) is 0.920. The SMILES string of the molecule is CC(C)(C)[C@H](NC(=O)OC1CC2CC2C1)C(=O)N1CCC[C@H]1COCN.CCC.CCC.[HH].[HH]. The first kappa shape index (κ1) is 28.7. The van der Waals surface area contributed by atoms with Crippen LogP contribution >= 0.6 is 0 Å². The maximum absolute atomic E-state index is 13.2. The van der Waals surface area contributed by atoms with E-state index in [1.54, 1.807) is 0 Å². The zero-order valence-electron chi connectivity index (χ0n) is 21.6. The van der Waals surface area contributed by atoms with Gasteiger partial charge in [0.2, 0.25) is 5.91 Å². The Bertz CT molecular complexity index is 563. The molecule has 2 unspecified atom stereocenters. The Morgan fingerprint density at radius 2 is 1.66 bits per heavy atom. The topological polar surface area (TPSA) is 93.9 Å². The molecule has 0 bridgehead atoms. The van der Waals surface area contributed by atoms with E-state index in [-0.39, 0.29) is 27.6 Å². The molecule has 2 amide bonds. The Kier molecular flexibility index (Phi) is 12.6. The third-order valence-electron chi connectivity index (χ3n) is 5.94. The smallest absolute Gasteiger partial charge is 0.408 e. The van der Waals surface area contributed by atoms with Gasteiger partial charge < -0.3 is 25.4 Å². The molecule has 0 aromatic heterocycles. The zero-order chi connectivity index (χ0) is 24.3. The number of alkyl carbamates (subject to hydrolysis) is 1. The van der Waals surface area contributed by atoms with Gasteiger partial charge in [-0.05, 0) is 49.4 Å². The standard InChI is InChI=1S/C19H33N3O4.2C3H8.2H2/c1-19(2,3)16(17(23)22-6-4-5-14(22)10-25-11-20)21-18(24)26-15-8-12-7-13(12)9-15;2*1-3-2;;/h12-16H,4-11,20H2,1-3H3,(H,21,24);2*3H2,1-2H3;2*1H/t12?,13?,14-,15?,16+;;;;/m0..../s1. The van der Waals surface area contributed by atoms with Crippen LogP contribution < -0.4 is 11.1 Å². The second-order valence-corrected chi connectivity index (χ2v) is 10.5. The summed E-state index contributed by atoms with van der Waals surface area (Å²) in [6, 6.07) is -0.597. The number of likely N-dealkylation sites (tertiary alicyclic amines) is 1. The lowest BCUT2D eigenvalue weighted by molar-refractivity contribution is -0.138. The molecule has 3 N–H and O–H groups in total. The normalized spacial score (nSPS) is 26.7. The molecular formula is C25H53N3O4. The van der Waals surface area contributed by atoms with Crippen molar-refractivity contribution in [2.75, 3.05) is 19.9 Å². The van der Waals surface area contributed by atoms with Crippen LogP contribution in [0.4, 0.5) is 4.79 Å². The van der Waals surface area contributed by atoms with Crippen molar-refractivity contribution in [3.63, 3.8) is 0 Å². The second-order valence-electron chi connectivity index (χ2n) is 10.5. The Labute approximate surface area is 199 Å². The van der Waals surface area contributed by atoms with Crippen LogP contribution in [-0.2, 0) is 14.3 Å². The highest BCUT2D eigenvalue weighted by Crippen LogP contribution is 2.52. The zero-order valence-corrected chi connectivity index (χ0v) is 21.6. The number of ether oxygens (including phenoxy) is 2. The molecule has 1 saturated heterocycles. The molecule has 7 heteroatoms. The summed E-state index contributed by atoms with van der Waals surface area (Å²) in [5.41, 5.74) is 5.01. The first-order chi connectivity index (χ1) is 15.1. The van der Waals surface area contributed by atoms with E-state index in [9.17, 15) is 9.59 Å². The van der Waals surface area contributed by atoms with Gasteiger partial charge in [0.25, 0.3) is 0 Å². The van der Waals surface area contributed by atoms with Gasteiger partial charge in [-0.1, -0.05) is 61.3 Å². The summed E-state index contributed by atoms with van der Waals surface area (Å²) < 4.78 is 10.9. The number of hydrogen-bond donors (Lipinski definition) is 2. The minimum atomic E-state index is -0.621. The number of carbonyl (C=O) groups excluding carboxylic acids is 2. The van der Waals surface area contributed by atoms with Gasteiger partial charge in [0.1, 0.15) is 12.1 Å². The van der Waals surface area contributed by atoms with Crippen LogP contribution in [0.5, 0.6) is 0 Å². The summed E-state index contributed by atoms with van der Waals surface area (Å²) in [6.45, 7) is 15.7. The molecule has 2 aliphatic carbocycles.